The van der Waals surface area contributed by atoms with Crippen LogP contribution in [0.25, 0.3) is 0 Å². The molecule has 0 saturated carbocycles. The second-order valence-corrected chi connectivity index (χ2v) is 8.88. The summed E-state index contributed by atoms with van der Waals surface area (Å²) in [4.78, 5) is 16.8. The monoisotopic (exact) mass is 439 g/mol. The average Bonchev–Trinajstić information content (AvgIpc) is 2.80. The fourth-order valence-corrected chi connectivity index (χ4v) is 4.69. The number of para-hydroxylation sites is 2. The summed E-state index contributed by atoms with van der Waals surface area (Å²) in [6.07, 6.45) is 0. The first-order chi connectivity index (χ1) is 15.0. The summed E-state index contributed by atoms with van der Waals surface area (Å²) < 4.78 is 42.0. The SMILES string of the molecule is O=C(c1ccccc1NS(=O)(=O)c1ccccc1)N1CCN(c2ccccc2F)CC1. The Hall–Kier alpha value is -3.39. The fraction of sp³-hybridized carbons (Fsp3) is 0.174. The molecule has 1 saturated heterocycles. The van der Waals surface area contributed by atoms with Gasteiger partial charge in [-0.2, -0.15) is 0 Å². The van der Waals surface area contributed by atoms with E-state index in [9.17, 15) is 17.6 Å². The summed E-state index contributed by atoms with van der Waals surface area (Å²) in [5, 5.41) is 0. The first-order valence-electron chi connectivity index (χ1n) is 9.91. The van der Waals surface area contributed by atoms with Crippen molar-refractivity contribution in [2.24, 2.45) is 0 Å². The normalized spacial score (nSPS) is 14.4. The molecule has 1 N–H and O–H groups in total. The molecule has 0 aromatic heterocycles. The molecule has 160 valence electrons. The van der Waals surface area contributed by atoms with Gasteiger partial charge in [-0.3, -0.25) is 9.52 Å². The van der Waals surface area contributed by atoms with Gasteiger partial charge < -0.3 is 9.80 Å². The van der Waals surface area contributed by atoms with Gasteiger partial charge in [0.15, 0.2) is 0 Å². The van der Waals surface area contributed by atoms with Crippen LogP contribution < -0.4 is 9.62 Å². The first kappa shape index (κ1) is 20.9. The summed E-state index contributed by atoms with van der Waals surface area (Å²) in [7, 11) is -3.82. The van der Waals surface area contributed by atoms with E-state index in [2.05, 4.69) is 4.72 Å². The molecule has 0 aliphatic carbocycles. The molecule has 1 aliphatic rings. The number of halogens is 1. The van der Waals surface area contributed by atoms with E-state index in [4.69, 9.17) is 0 Å². The van der Waals surface area contributed by atoms with Crippen LogP contribution >= 0.6 is 0 Å². The molecule has 6 nitrogen and oxygen atoms in total. The van der Waals surface area contributed by atoms with Crippen molar-refractivity contribution < 1.29 is 17.6 Å². The van der Waals surface area contributed by atoms with E-state index in [1.54, 1.807) is 65.6 Å². The molecule has 8 heteroatoms. The van der Waals surface area contributed by atoms with Crippen molar-refractivity contribution in [2.75, 3.05) is 35.8 Å². The average molecular weight is 440 g/mol. The number of sulfonamides is 1. The van der Waals surface area contributed by atoms with E-state index >= 15 is 0 Å². The smallest absolute Gasteiger partial charge is 0.261 e. The van der Waals surface area contributed by atoms with Crippen molar-refractivity contribution in [1.82, 2.24) is 4.90 Å². The number of benzene rings is 3. The number of nitrogens with zero attached hydrogens (tertiary/aromatic N) is 2. The van der Waals surface area contributed by atoms with Crippen LogP contribution in [0, 0.1) is 5.82 Å². The zero-order chi connectivity index (χ0) is 21.8. The van der Waals surface area contributed by atoms with Crippen LogP contribution in [-0.4, -0.2) is 45.4 Å². The van der Waals surface area contributed by atoms with Crippen LogP contribution in [0.1, 0.15) is 10.4 Å². The zero-order valence-corrected chi connectivity index (χ0v) is 17.6. The van der Waals surface area contributed by atoms with Crippen LogP contribution in [0.5, 0.6) is 0 Å². The third kappa shape index (κ3) is 4.54. The molecule has 3 aromatic rings. The highest BCUT2D eigenvalue weighted by Gasteiger charge is 2.26. The summed E-state index contributed by atoms with van der Waals surface area (Å²) in [5.74, 6) is -0.553. The number of piperazine rings is 1. The standard InChI is InChI=1S/C23H22FN3O3S/c24-20-11-5-7-13-22(20)26-14-16-27(17-15-26)23(28)19-10-4-6-12-21(19)25-31(29,30)18-8-2-1-3-9-18/h1-13,25H,14-17H2. The van der Waals surface area contributed by atoms with Crippen LogP contribution in [-0.2, 0) is 10.0 Å². The van der Waals surface area contributed by atoms with Crippen molar-refractivity contribution >= 4 is 27.3 Å². The van der Waals surface area contributed by atoms with Gasteiger partial charge >= 0.3 is 0 Å². The van der Waals surface area contributed by atoms with E-state index in [0.717, 1.165) is 0 Å². The van der Waals surface area contributed by atoms with Crippen molar-refractivity contribution in [3.8, 4) is 0 Å². The van der Waals surface area contributed by atoms with Crippen molar-refractivity contribution in [3.63, 3.8) is 0 Å². The Kier molecular flexibility index (Phi) is 5.90. The number of amides is 1. The van der Waals surface area contributed by atoms with E-state index in [-0.39, 0.29) is 27.9 Å². The van der Waals surface area contributed by atoms with Crippen LogP contribution in [0.3, 0.4) is 0 Å². The van der Waals surface area contributed by atoms with E-state index in [1.807, 2.05) is 4.90 Å². The van der Waals surface area contributed by atoms with Crippen molar-refractivity contribution in [3.05, 3.63) is 90.2 Å². The fourth-order valence-electron chi connectivity index (χ4n) is 3.59. The van der Waals surface area contributed by atoms with Gasteiger partial charge in [0, 0.05) is 26.2 Å². The van der Waals surface area contributed by atoms with Gasteiger partial charge in [0.2, 0.25) is 0 Å². The van der Waals surface area contributed by atoms with Gasteiger partial charge in [0.25, 0.3) is 15.9 Å². The van der Waals surface area contributed by atoms with Gasteiger partial charge in [-0.25, -0.2) is 12.8 Å². The Balaban J connectivity index is 1.50. The third-order valence-corrected chi connectivity index (χ3v) is 6.60. The molecule has 0 atom stereocenters. The molecular weight excluding hydrogens is 417 g/mol. The van der Waals surface area contributed by atoms with Crippen molar-refractivity contribution in [2.45, 2.75) is 4.90 Å². The Morgan fingerprint density at radius 1 is 0.806 bits per heavy atom. The lowest BCUT2D eigenvalue weighted by atomic mass is 10.1. The second-order valence-electron chi connectivity index (χ2n) is 7.19. The minimum Gasteiger partial charge on any atom is -0.366 e. The maximum absolute atomic E-state index is 14.1. The molecule has 0 radical (unpaired) electrons. The van der Waals surface area contributed by atoms with Crippen LogP contribution in [0.4, 0.5) is 15.8 Å². The lowest BCUT2D eigenvalue weighted by Crippen LogP contribution is -2.49. The number of hydrogen-bond acceptors (Lipinski definition) is 4. The Bertz CT molecular complexity index is 1180. The summed E-state index contributed by atoms with van der Waals surface area (Å²) in [5.41, 5.74) is 1.03. The minimum atomic E-state index is -3.82. The highest BCUT2D eigenvalue weighted by molar-refractivity contribution is 7.92. The Morgan fingerprint density at radius 2 is 1.42 bits per heavy atom. The zero-order valence-electron chi connectivity index (χ0n) is 16.7. The predicted octanol–water partition coefficient (Wildman–Crippen LogP) is 3.59. The topological polar surface area (TPSA) is 69.7 Å². The van der Waals surface area contributed by atoms with E-state index in [0.29, 0.717) is 31.9 Å². The van der Waals surface area contributed by atoms with Gasteiger partial charge in [-0.1, -0.05) is 42.5 Å². The molecule has 0 unspecified atom stereocenters. The number of hydrogen-bond donors (Lipinski definition) is 1. The summed E-state index contributed by atoms with van der Waals surface area (Å²) in [6, 6.07) is 21.1. The van der Waals surface area contributed by atoms with E-state index in [1.165, 1.54) is 18.2 Å². The number of anilines is 2. The lowest BCUT2D eigenvalue weighted by Gasteiger charge is -2.36. The van der Waals surface area contributed by atoms with Gasteiger partial charge in [0.1, 0.15) is 5.82 Å². The van der Waals surface area contributed by atoms with Gasteiger partial charge in [-0.15, -0.1) is 0 Å². The van der Waals surface area contributed by atoms with Gasteiger partial charge in [0.05, 0.1) is 21.8 Å². The molecule has 0 bridgehead atoms. The second kappa shape index (κ2) is 8.77. The molecule has 1 amide bonds. The summed E-state index contributed by atoms with van der Waals surface area (Å²) in [6.45, 7) is 1.80. The number of rotatable bonds is 5. The molecular formula is C23H22FN3O3S. The molecule has 1 heterocycles. The number of nitrogens with one attached hydrogen (secondary N) is 1. The van der Waals surface area contributed by atoms with E-state index < -0.39 is 10.0 Å². The summed E-state index contributed by atoms with van der Waals surface area (Å²) >= 11 is 0. The third-order valence-electron chi connectivity index (χ3n) is 5.22. The predicted molar refractivity (Wildman–Crippen MR) is 118 cm³/mol. The number of carbonyl (C=O) groups is 1. The quantitative estimate of drug-likeness (QED) is 0.660. The Morgan fingerprint density at radius 3 is 2.13 bits per heavy atom. The highest BCUT2D eigenvalue weighted by atomic mass is 32.2. The molecule has 1 fully saturated rings. The maximum Gasteiger partial charge on any atom is 0.261 e. The molecule has 0 spiro atoms. The molecule has 1 aliphatic heterocycles. The molecule has 4 rings (SSSR count). The number of carbonyl (C=O) groups excluding carboxylic acids is 1. The van der Waals surface area contributed by atoms with Crippen molar-refractivity contribution in [1.29, 1.82) is 0 Å². The largest absolute Gasteiger partial charge is 0.366 e. The molecule has 31 heavy (non-hydrogen) atoms. The lowest BCUT2D eigenvalue weighted by molar-refractivity contribution is 0.0747. The van der Waals surface area contributed by atoms with Crippen LogP contribution in [0.15, 0.2) is 83.8 Å². The Labute approximate surface area is 181 Å². The highest BCUT2D eigenvalue weighted by Crippen LogP contribution is 2.24. The van der Waals surface area contributed by atoms with Gasteiger partial charge in [-0.05, 0) is 36.4 Å². The van der Waals surface area contributed by atoms with Crippen LogP contribution in [0.2, 0.25) is 0 Å². The molecule has 3 aromatic carbocycles. The maximum atomic E-state index is 14.1. The first-order valence-corrected chi connectivity index (χ1v) is 11.4. The minimum absolute atomic E-state index is 0.121.